The van der Waals surface area contributed by atoms with E-state index in [0.29, 0.717) is 13.1 Å². The molecule has 0 aromatic carbocycles. The van der Waals surface area contributed by atoms with Gasteiger partial charge in [0, 0.05) is 39.3 Å². The summed E-state index contributed by atoms with van der Waals surface area (Å²) in [4.78, 5) is 20.7. The molecule has 0 saturated carbocycles. The zero-order chi connectivity index (χ0) is 18.3. The minimum absolute atomic E-state index is 0.216. The van der Waals surface area contributed by atoms with Gasteiger partial charge in [0.1, 0.15) is 5.60 Å². The lowest BCUT2D eigenvalue weighted by Crippen LogP contribution is -2.63. The quantitative estimate of drug-likeness (QED) is 0.552. The van der Waals surface area contributed by atoms with Crippen molar-refractivity contribution in [3.8, 4) is 0 Å². The second kappa shape index (κ2) is 9.24. The van der Waals surface area contributed by atoms with Crippen molar-refractivity contribution in [3.05, 3.63) is 0 Å². The van der Waals surface area contributed by atoms with Crippen LogP contribution in [0.4, 0.5) is 4.79 Å². The summed E-state index contributed by atoms with van der Waals surface area (Å²) < 4.78 is 10.7. The molecular formula is C17H33N5O3. The number of hydrogen-bond acceptors (Lipinski definition) is 5. The summed E-state index contributed by atoms with van der Waals surface area (Å²) >= 11 is 0. The number of morpholine rings is 1. The number of guanidine groups is 1. The summed E-state index contributed by atoms with van der Waals surface area (Å²) in [5.41, 5.74) is -0.453. The van der Waals surface area contributed by atoms with Crippen molar-refractivity contribution in [2.75, 3.05) is 59.0 Å². The van der Waals surface area contributed by atoms with E-state index >= 15 is 0 Å². The van der Waals surface area contributed by atoms with E-state index in [0.717, 1.165) is 51.9 Å². The van der Waals surface area contributed by atoms with Crippen LogP contribution in [0.3, 0.4) is 0 Å². The lowest BCUT2D eigenvalue weighted by molar-refractivity contribution is 0.00699. The summed E-state index contributed by atoms with van der Waals surface area (Å²) in [6, 6.07) is 0.216. The summed E-state index contributed by atoms with van der Waals surface area (Å²) in [6.45, 7) is 15.0. The van der Waals surface area contributed by atoms with Gasteiger partial charge in [-0.1, -0.05) is 0 Å². The molecule has 0 spiro atoms. The largest absolute Gasteiger partial charge is 0.444 e. The Balaban J connectivity index is 1.70. The highest BCUT2D eigenvalue weighted by molar-refractivity contribution is 5.80. The van der Waals surface area contributed by atoms with Gasteiger partial charge in [0.15, 0.2) is 5.96 Å². The molecular weight excluding hydrogens is 322 g/mol. The molecule has 2 aliphatic rings. The minimum Gasteiger partial charge on any atom is -0.444 e. The number of carbonyl (C=O) groups excluding carboxylic acids is 1. The van der Waals surface area contributed by atoms with Gasteiger partial charge in [-0.25, -0.2) is 4.79 Å². The van der Waals surface area contributed by atoms with Crippen molar-refractivity contribution in [3.63, 3.8) is 0 Å². The van der Waals surface area contributed by atoms with Crippen LogP contribution in [0, 0.1) is 0 Å². The number of amides is 1. The molecule has 2 saturated heterocycles. The third kappa shape index (κ3) is 7.07. The molecule has 2 heterocycles. The lowest BCUT2D eigenvalue weighted by atomic mass is 10.1. The van der Waals surface area contributed by atoms with Crippen molar-refractivity contribution in [2.24, 2.45) is 4.99 Å². The normalized spacial score (nSPS) is 20.2. The van der Waals surface area contributed by atoms with Crippen LogP contribution in [0.1, 0.15) is 27.7 Å². The average Bonchev–Trinajstić information content (AvgIpc) is 2.49. The monoisotopic (exact) mass is 355 g/mol. The number of hydrogen-bond donors (Lipinski definition) is 2. The Hall–Kier alpha value is -1.54. The fraction of sp³-hybridized carbons (Fsp3) is 0.882. The van der Waals surface area contributed by atoms with Crippen LogP contribution in [0.5, 0.6) is 0 Å². The number of nitrogens with one attached hydrogen (secondary N) is 2. The van der Waals surface area contributed by atoms with Crippen molar-refractivity contribution in [2.45, 2.75) is 39.3 Å². The van der Waals surface area contributed by atoms with Crippen LogP contribution in [0.25, 0.3) is 0 Å². The molecule has 0 radical (unpaired) electrons. The van der Waals surface area contributed by atoms with E-state index in [2.05, 4.69) is 20.5 Å². The molecule has 1 amide bonds. The predicted octanol–water partition coefficient (Wildman–Crippen LogP) is 0.493. The predicted molar refractivity (Wildman–Crippen MR) is 98.0 cm³/mol. The molecule has 0 aromatic heterocycles. The van der Waals surface area contributed by atoms with E-state index in [4.69, 9.17) is 9.47 Å². The van der Waals surface area contributed by atoms with Crippen molar-refractivity contribution >= 4 is 12.1 Å². The Kier molecular flexibility index (Phi) is 7.31. The Labute approximate surface area is 150 Å². The zero-order valence-electron chi connectivity index (χ0n) is 16.0. The standard InChI is InChI=1S/C17H33N5O3/c1-5-18-15(19-6-7-21-8-10-24-11-9-21)20-14-12-22(13-14)16(23)25-17(2,3)4/h14H,5-13H2,1-4H3,(H2,18,19,20). The van der Waals surface area contributed by atoms with Crippen LogP contribution in [0.2, 0.25) is 0 Å². The van der Waals surface area contributed by atoms with Crippen LogP contribution >= 0.6 is 0 Å². The van der Waals surface area contributed by atoms with Gasteiger partial charge in [0.05, 0.1) is 25.8 Å². The first-order valence-corrected chi connectivity index (χ1v) is 9.20. The zero-order valence-corrected chi connectivity index (χ0v) is 16.0. The number of aliphatic imine (C=N–C) groups is 1. The van der Waals surface area contributed by atoms with Gasteiger partial charge in [0.2, 0.25) is 0 Å². The van der Waals surface area contributed by atoms with Gasteiger partial charge >= 0.3 is 6.09 Å². The van der Waals surface area contributed by atoms with Gasteiger partial charge < -0.3 is 25.0 Å². The summed E-state index contributed by atoms with van der Waals surface area (Å²) in [5, 5.41) is 6.65. The SMILES string of the molecule is CCNC(=NCCN1CCOCC1)NC1CN(C(=O)OC(C)(C)C)C1. The molecule has 25 heavy (non-hydrogen) atoms. The molecule has 0 aliphatic carbocycles. The van der Waals surface area contributed by atoms with Gasteiger partial charge in [-0.05, 0) is 27.7 Å². The third-order valence-electron chi connectivity index (χ3n) is 4.01. The van der Waals surface area contributed by atoms with Crippen LogP contribution in [0.15, 0.2) is 4.99 Å². The Morgan fingerprint density at radius 1 is 1.28 bits per heavy atom. The van der Waals surface area contributed by atoms with Gasteiger partial charge in [-0.15, -0.1) is 0 Å². The number of nitrogens with zero attached hydrogens (tertiary/aromatic N) is 3. The second-order valence-electron chi connectivity index (χ2n) is 7.44. The van der Waals surface area contributed by atoms with Gasteiger partial charge in [-0.3, -0.25) is 9.89 Å². The van der Waals surface area contributed by atoms with E-state index in [-0.39, 0.29) is 12.1 Å². The molecule has 8 heteroatoms. The molecule has 2 N–H and O–H groups in total. The number of ether oxygens (including phenoxy) is 2. The van der Waals surface area contributed by atoms with Gasteiger partial charge in [-0.2, -0.15) is 0 Å². The first kappa shape index (κ1) is 19.8. The fourth-order valence-corrected chi connectivity index (χ4v) is 2.69. The van der Waals surface area contributed by atoms with E-state index in [1.165, 1.54) is 0 Å². The number of likely N-dealkylation sites (tertiary alicyclic amines) is 1. The number of rotatable bonds is 5. The Bertz CT molecular complexity index is 452. The molecule has 144 valence electrons. The Morgan fingerprint density at radius 2 is 1.96 bits per heavy atom. The molecule has 0 aromatic rings. The van der Waals surface area contributed by atoms with Crippen LogP contribution in [-0.4, -0.2) is 92.5 Å². The van der Waals surface area contributed by atoms with E-state index in [9.17, 15) is 4.79 Å². The number of carbonyl (C=O) groups is 1. The van der Waals surface area contributed by atoms with Crippen LogP contribution in [-0.2, 0) is 9.47 Å². The highest BCUT2D eigenvalue weighted by Crippen LogP contribution is 2.15. The Morgan fingerprint density at radius 3 is 2.56 bits per heavy atom. The first-order chi connectivity index (χ1) is 11.9. The molecule has 0 atom stereocenters. The van der Waals surface area contributed by atoms with Crippen molar-refractivity contribution in [1.29, 1.82) is 0 Å². The molecule has 0 bridgehead atoms. The molecule has 0 unspecified atom stereocenters. The maximum atomic E-state index is 12.0. The average molecular weight is 355 g/mol. The maximum Gasteiger partial charge on any atom is 0.410 e. The fourth-order valence-electron chi connectivity index (χ4n) is 2.69. The van der Waals surface area contributed by atoms with Crippen LogP contribution < -0.4 is 10.6 Å². The highest BCUT2D eigenvalue weighted by atomic mass is 16.6. The molecule has 2 aliphatic heterocycles. The highest BCUT2D eigenvalue weighted by Gasteiger charge is 2.34. The van der Waals surface area contributed by atoms with E-state index in [1.54, 1.807) is 4.90 Å². The minimum atomic E-state index is -0.453. The van der Waals surface area contributed by atoms with Crippen molar-refractivity contribution < 1.29 is 14.3 Å². The molecule has 2 fully saturated rings. The lowest BCUT2D eigenvalue weighted by Gasteiger charge is -2.40. The topological polar surface area (TPSA) is 78.4 Å². The van der Waals surface area contributed by atoms with E-state index in [1.807, 2.05) is 27.7 Å². The summed E-state index contributed by atoms with van der Waals surface area (Å²) in [6.07, 6.45) is -0.250. The second-order valence-corrected chi connectivity index (χ2v) is 7.44. The maximum absolute atomic E-state index is 12.0. The molecule has 2 rings (SSSR count). The van der Waals surface area contributed by atoms with Crippen molar-refractivity contribution in [1.82, 2.24) is 20.4 Å². The molecule has 8 nitrogen and oxygen atoms in total. The van der Waals surface area contributed by atoms with E-state index < -0.39 is 5.60 Å². The first-order valence-electron chi connectivity index (χ1n) is 9.20. The third-order valence-corrected chi connectivity index (χ3v) is 4.01. The smallest absolute Gasteiger partial charge is 0.410 e. The van der Waals surface area contributed by atoms with Gasteiger partial charge in [0.25, 0.3) is 0 Å². The summed E-state index contributed by atoms with van der Waals surface area (Å²) in [7, 11) is 0. The summed E-state index contributed by atoms with van der Waals surface area (Å²) in [5.74, 6) is 0.810.